The third kappa shape index (κ3) is 5.76. The summed E-state index contributed by atoms with van der Waals surface area (Å²) in [6.07, 6.45) is 2.34. The lowest BCUT2D eigenvalue weighted by Gasteiger charge is -2.22. The van der Waals surface area contributed by atoms with E-state index in [2.05, 4.69) is 10.5 Å². The number of amides is 1. The molecule has 0 spiro atoms. The molecule has 0 radical (unpaired) electrons. The van der Waals surface area contributed by atoms with E-state index in [-0.39, 0.29) is 17.8 Å². The van der Waals surface area contributed by atoms with Gasteiger partial charge in [-0.25, -0.2) is 13.8 Å². The summed E-state index contributed by atoms with van der Waals surface area (Å²) in [5, 5.41) is 14.8. The van der Waals surface area contributed by atoms with Gasteiger partial charge in [-0.3, -0.25) is 19.2 Å². The predicted molar refractivity (Wildman–Crippen MR) is 122 cm³/mol. The van der Waals surface area contributed by atoms with Crippen molar-refractivity contribution >= 4 is 33.5 Å². The van der Waals surface area contributed by atoms with Gasteiger partial charge in [-0.2, -0.15) is 5.10 Å². The number of para-hydroxylation sites is 2. The highest BCUT2D eigenvalue weighted by atomic mass is 32.2. The number of nitrogens with one attached hydrogen (secondary N) is 1. The van der Waals surface area contributed by atoms with E-state index >= 15 is 0 Å². The van der Waals surface area contributed by atoms with E-state index in [1.807, 2.05) is 0 Å². The van der Waals surface area contributed by atoms with Crippen molar-refractivity contribution in [1.29, 1.82) is 0 Å². The zero-order valence-electron chi connectivity index (χ0n) is 17.1. The van der Waals surface area contributed by atoms with Crippen LogP contribution in [0, 0.1) is 10.1 Å². The summed E-state index contributed by atoms with van der Waals surface area (Å²) >= 11 is 0. The molecule has 0 saturated carbocycles. The van der Waals surface area contributed by atoms with Crippen LogP contribution in [0.3, 0.4) is 0 Å². The van der Waals surface area contributed by atoms with Crippen molar-refractivity contribution in [1.82, 2.24) is 5.43 Å². The first kappa shape index (κ1) is 22.6. The number of nitrogens with zero attached hydrogens (tertiary/aromatic N) is 3. The quantitative estimate of drug-likeness (QED) is 0.319. The van der Waals surface area contributed by atoms with Crippen LogP contribution in [0.2, 0.25) is 0 Å². The molecule has 3 rings (SSSR count). The molecule has 0 unspecified atom stereocenters. The molecule has 0 aliphatic carbocycles. The molecule has 0 atom stereocenters. The smallest absolute Gasteiger partial charge is 0.267 e. The Morgan fingerprint density at radius 2 is 1.66 bits per heavy atom. The number of nitro groups is 1. The van der Waals surface area contributed by atoms with Gasteiger partial charge in [-0.05, 0) is 35.9 Å². The Morgan fingerprint density at radius 1 is 1.03 bits per heavy atom. The molecule has 0 aliphatic heterocycles. The van der Waals surface area contributed by atoms with Gasteiger partial charge in [0.2, 0.25) is 10.0 Å². The molecule has 1 N–H and O–H groups in total. The van der Waals surface area contributed by atoms with Crippen LogP contribution in [-0.4, -0.2) is 31.7 Å². The van der Waals surface area contributed by atoms with E-state index < -0.39 is 20.9 Å². The second kappa shape index (κ2) is 9.84. The molecule has 164 valence electrons. The minimum atomic E-state index is -3.50. The Balaban J connectivity index is 1.69. The highest BCUT2D eigenvalue weighted by molar-refractivity contribution is 7.92. The minimum Gasteiger partial charge on any atom is -0.267 e. The summed E-state index contributed by atoms with van der Waals surface area (Å²) in [6.45, 7) is 0.112. The SMILES string of the molecule is CS(=O)(=O)N(Cc1ccc(C(=O)N/N=C\c2ccccc2[N+](=O)[O-])cc1)c1ccccc1. The highest BCUT2D eigenvalue weighted by Crippen LogP contribution is 2.20. The van der Waals surface area contributed by atoms with Crippen molar-refractivity contribution in [3.8, 4) is 0 Å². The average Bonchev–Trinajstić information content (AvgIpc) is 2.78. The van der Waals surface area contributed by atoms with E-state index in [4.69, 9.17) is 0 Å². The average molecular weight is 452 g/mol. The van der Waals surface area contributed by atoms with Crippen molar-refractivity contribution < 1.29 is 18.1 Å². The number of rotatable bonds is 8. The van der Waals surface area contributed by atoms with Crippen LogP contribution in [-0.2, 0) is 16.6 Å². The second-order valence-corrected chi connectivity index (χ2v) is 8.72. The van der Waals surface area contributed by atoms with Gasteiger partial charge in [0.25, 0.3) is 11.6 Å². The summed E-state index contributed by atoms with van der Waals surface area (Å²) in [5.74, 6) is -0.505. The van der Waals surface area contributed by atoms with Gasteiger partial charge < -0.3 is 0 Å². The first-order valence-electron chi connectivity index (χ1n) is 9.44. The van der Waals surface area contributed by atoms with Crippen LogP contribution in [0.4, 0.5) is 11.4 Å². The van der Waals surface area contributed by atoms with E-state index in [1.165, 1.54) is 28.7 Å². The number of carbonyl (C=O) groups is 1. The zero-order chi connectivity index (χ0) is 23.1. The van der Waals surface area contributed by atoms with Crippen molar-refractivity contribution in [2.45, 2.75) is 6.54 Å². The third-order valence-electron chi connectivity index (χ3n) is 4.49. The molecule has 0 heterocycles. The van der Waals surface area contributed by atoms with E-state index in [1.54, 1.807) is 60.7 Å². The molecule has 0 bridgehead atoms. The second-order valence-electron chi connectivity index (χ2n) is 6.82. The number of sulfonamides is 1. The predicted octanol–water partition coefficient (Wildman–Crippen LogP) is 3.32. The molecular formula is C22H20N4O5S. The number of nitro benzene ring substituents is 1. The van der Waals surface area contributed by atoms with E-state index in [9.17, 15) is 23.3 Å². The number of hydrogen-bond acceptors (Lipinski definition) is 6. The van der Waals surface area contributed by atoms with Crippen LogP contribution >= 0.6 is 0 Å². The largest absolute Gasteiger partial charge is 0.278 e. The van der Waals surface area contributed by atoms with Gasteiger partial charge in [0.05, 0.1) is 35.2 Å². The topological polar surface area (TPSA) is 122 Å². The van der Waals surface area contributed by atoms with E-state index in [0.717, 1.165) is 6.26 Å². The maximum atomic E-state index is 12.3. The molecule has 0 fully saturated rings. The maximum Gasteiger partial charge on any atom is 0.278 e. The minimum absolute atomic E-state index is 0.112. The Labute approximate surface area is 185 Å². The van der Waals surface area contributed by atoms with Gasteiger partial charge in [-0.15, -0.1) is 0 Å². The first-order valence-corrected chi connectivity index (χ1v) is 11.3. The fourth-order valence-electron chi connectivity index (χ4n) is 2.91. The molecule has 0 aliphatic rings. The normalized spacial score (nSPS) is 11.3. The van der Waals surface area contributed by atoms with Gasteiger partial charge in [0.15, 0.2) is 0 Å². The summed E-state index contributed by atoms with van der Waals surface area (Å²) in [6, 6.07) is 21.2. The maximum absolute atomic E-state index is 12.3. The number of hydrogen-bond donors (Lipinski definition) is 1. The molecule has 10 heteroatoms. The Morgan fingerprint density at radius 3 is 2.28 bits per heavy atom. The molecule has 0 aromatic heterocycles. The molecule has 9 nitrogen and oxygen atoms in total. The standard InChI is InChI=1S/C22H20N4O5S/c1-32(30,31)25(20-8-3-2-4-9-20)16-17-11-13-18(14-12-17)22(27)24-23-15-19-7-5-6-10-21(19)26(28)29/h2-15H,16H2,1H3,(H,24,27)/b23-15-. The lowest BCUT2D eigenvalue weighted by Crippen LogP contribution is -2.29. The third-order valence-corrected chi connectivity index (χ3v) is 5.63. The lowest BCUT2D eigenvalue weighted by molar-refractivity contribution is -0.385. The highest BCUT2D eigenvalue weighted by Gasteiger charge is 2.18. The van der Waals surface area contributed by atoms with Crippen molar-refractivity contribution in [2.24, 2.45) is 5.10 Å². The fraction of sp³-hybridized carbons (Fsp3) is 0.0909. The van der Waals surface area contributed by atoms with Crippen LogP contribution in [0.25, 0.3) is 0 Å². The first-order chi connectivity index (χ1) is 15.3. The molecule has 0 saturated heterocycles. The zero-order valence-corrected chi connectivity index (χ0v) is 17.9. The molecular weight excluding hydrogens is 432 g/mol. The summed E-state index contributed by atoms with van der Waals surface area (Å²) in [7, 11) is -3.50. The number of hydrazone groups is 1. The van der Waals surface area contributed by atoms with Crippen LogP contribution in [0.5, 0.6) is 0 Å². The summed E-state index contributed by atoms with van der Waals surface area (Å²) < 4.78 is 25.7. The lowest BCUT2D eigenvalue weighted by atomic mass is 10.1. The molecule has 3 aromatic carbocycles. The van der Waals surface area contributed by atoms with E-state index in [0.29, 0.717) is 16.8 Å². The fourth-order valence-corrected chi connectivity index (χ4v) is 3.80. The molecule has 1 amide bonds. The van der Waals surface area contributed by atoms with Crippen LogP contribution in [0.1, 0.15) is 21.5 Å². The Hall–Kier alpha value is -4.05. The summed E-state index contributed by atoms with van der Waals surface area (Å²) in [4.78, 5) is 22.8. The van der Waals surface area contributed by atoms with Gasteiger partial charge >= 0.3 is 0 Å². The van der Waals surface area contributed by atoms with Crippen molar-refractivity contribution in [2.75, 3.05) is 10.6 Å². The number of anilines is 1. The van der Waals surface area contributed by atoms with Crippen molar-refractivity contribution in [3.63, 3.8) is 0 Å². The van der Waals surface area contributed by atoms with Crippen LogP contribution in [0.15, 0.2) is 84.0 Å². The van der Waals surface area contributed by atoms with Gasteiger partial charge in [0, 0.05) is 11.6 Å². The number of carbonyl (C=O) groups excluding carboxylic acids is 1. The van der Waals surface area contributed by atoms with Gasteiger partial charge in [-0.1, -0.05) is 42.5 Å². The Kier molecular flexibility index (Phi) is 6.96. The van der Waals surface area contributed by atoms with Crippen LogP contribution < -0.4 is 9.73 Å². The number of benzene rings is 3. The monoisotopic (exact) mass is 452 g/mol. The molecule has 3 aromatic rings. The Bertz CT molecular complexity index is 1240. The summed E-state index contributed by atoms with van der Waals surface area (Å²) in [5.41, 5.74) is 4.00. The molecule has 32 heavy (non-hydrogen) atoms. The van der Waals surface area contributed by atoms with Gasteiger partial charge in [0.1, 0.15) is 0 Å². The van der Waals surface area contributed by atoms with Crippen molar-refractivity contribution in [3.05, 3.63) is 106 Å².